The van der Waals surface area contributed by atoms with E-state index in [0.29, 0.717) is 6.04 Å². The van der Waals surface area contributed by atoms with E-state index in [4.69, 9.17) is 4.98 Å². The molecule has 4 nitrogen and oxygen atoms in total. The molecule has 3 rings (SSSR count). The van der Waals surface area contributed by atoms with Gasteiger partial charge in [0.15, 0.2) is 0 Å². The highest BCUT2D eigenvalue weighted by atomic mass is 16.3. The lowest BCUT2D eigenvalue weighted by atomic mass is 10.2. The van der Waals surface area contributed by atoms with E-state index in [2.05, 4.69) is 41.5 Å². The fraction of sp³-hybridized carbons (Fsp3) is 0.588. The van der Waals surface area contributed by atoms with Crippen LogP contribution in [0.25, 0.3) is 11.0 Å². The smallest absolute Gasteiger partial charge is 0.127 e. The second-order valence-electron chi connectivity index (χ2n) is 6.11. The number of hydrogen-bond acceptors (Lipinski definition) is 3. The van der Waals surface area contributed by atoms with Gasteiger partial charge in [0.2, 0.25) is 0 Å². The van der Waals surface area contributed by atoms with Gasteiger partial charge >= 0.3 is 0 Å². The molecule has 0 spiro atoms. The van der Waals surface area contributed by atoms with Gasteiger partial charge in [-0.3, -0.25) is 4.90 Å². The van der Waals surface area contributed by atoms with Gasteiger partial charge in [-0.05, 0) is 63.9 Å². The highest BCUT2D eigenvalue weighted by molar-refractivity contribution is 5.77. The van der Waals surface area contributed by atoms with E-state index in [1.165, 1.54) is 37.0 Å². The number of aryl methyl sites for hydroxylation is 2. The van der Waals surface area contributed by atoms with Gasteiger partial charge in [-0.2, -0.15) is 0 Å². The van der Waals surface area contributed by atoms with Crippen molar-refractivity contribution in [1.82, 2.24) is 14.5 Å². The van der Waals surface area contributed by atoms with Crippen molar-refractivity contribution in [2.24, 2.45) is 0 Å². The van der Waals surface area contributed by atoms with Crippen LogP contribution >= 0.6 is 0 Å². The number of rotatable bonds is 5. The summed E-state index contributed by atoms with van der Waals surface area (Å²) in [7, 11) is 0. The summed E-state index contributed by atoms with van der Waals surface area (Å²) in [4.78, 5) is 7.43. The normalized spacial score (nSPS) is 17.7. The molecule has 1 aliphatic rings. The summed E-state index contributed by atoms with van der Waals surface area (Å²) in [5.41, 5.74) is 3.51. The Morgan fingerprint density at radius 1 is 1.29 bits per heavy atom. The van der Waals surface area contributed by atoms with Gasteiger partial charge in [0.1, 0.15) is 5.82 Å². The molecule has 1 aromatic carbocycles. The summed E-state index contributed by atoms with van der Waals surface area (Å²) >= 11 is 0. The van der Waals surface area contributed by atoms with E-state index >= 15 is 0 Å². The standard InChI is InChI=1S/C17H25N3O/c1-13-6-7-16-15(12-13)18-17(20(16)10-5-11-21)14(2)19-8-3-4-9-19/h6-7,12,14,21H,3-5,8-11H2,1-2H3. The van der Waals surface area contributed by atoms with Gasteiger partial charge in [-0.25, -0.2) is 4.98 Å². The zero-order valence-corrected chi connectivity index (χ0v) is 13.0. The monoisotopic (exact) mass is 287 g/mol. The Balaban J connectivity index is 2.02. The SMILES string of the molecule is Cc1ccc2c(c1)nc(C(C)N1CCCC1)n2CCCO. The zero-order valence-electron chi connectivity index (χ0n) is 13.0. The summed E-state index contributed by atoms with van der Waals surface area (Å²) in [6, 6.07) is 6.81. The van der Waals surface area contributed by atoms with Crippen LogP contribution in [0.1, 0.15) is 43.6 Å². The number of aromatic nitrogens is 2. The van der Waals surface area contributed by atoms with Crippen molar-refractivity contribution in [3.05, 3.63) is 29.6 Å². The van der Waals surface area contributed by atoms with Crippen LogP contribution in [0.3, 0.4) is 0 Å². The molecule has 0 radical (unpaired) electrons. The van der Waals surface area contributed by atoms with Crippen LogP contribution in [-0.2, 0) is 6.54 Å². The molecule has 21 heavy (non-hydrogen) atoms. The Labute approximate surface area is 126 Å². The third-order valence-corrected chi connectivity index (χ3v) is 4.54. The molecule has 1 aromatic heterocycles. The van der Waals surface area contributed by atoms with E-state index in [-0.39, 0.29) is 6.61 Å². The molecule has 1 fully saturated rings. The Morgan fingerprint density at radius 3 is 2.76 bits per heavy atom. The van der Waals surface area contributed by atoms with Gasteiger partial charge < -0.3 is 9.67 Å². The lowest BCUT2D eigenvalue weighted by molar-refractivity contribution is 0.243. The van der Waals surface area contributed by atoms with Crippen molar-refractivity contribution in [1.29, 1.82) is 0 Å². The molecule has 2 aromatic rings. The maximum absolute atomic E-state index is 9.18. The quantitative estimate of drug-likeness (QED) is 0.919. The summed E-state index contributed by atoms with van der Waals surface area (Å²) < 4.78 is 2.30. The number of imidazole rings is 1. The molecule has 1 saturated heterocycles. The Hall–Kier alpha value is -1.39. The highest BCUT2D eigenvalue weighted by Gasteiger charge is 2.24. The summed E-state index contributed by atoms with van der Waals surface area (Å²) in [5.74, 6) is 1.14. The molecule has 1 N–H and O–H groups in total. The van der Waals surface area contributed by atoms with E-state index in [0.717, 1.165) is 24.3 Å². The Morgan fingerprint density at radius 2 is 2.05 bits per heavy atom. The van der Waals surface area contributed by atoms with Crippen LogP contribution in [0.2, 0.25) is 0 Å². The molecule has 0 aliphatic carbocycles. The number of aliphatic hydroxyl groups excluding tert-OH is 1. The summed E-state index contributed by atoms with van der Waals surface area (Å²) in [6.45, 7) is 7.77. The van der Waals surface area contributed by atoms with Gasteiger partial charge in [0, 0.05) is 13.2 Å². The van der Waals surface area contributed by atoms with Crippen LogP contribution in [0.15, 0.2) is 18.2 Å². The molecule has 1 atom stereocenters. The number of benzene rings is 1. The number of likely N-dealkylation sites (tertiary alicyclic amines) is 1. The molecule has 1 aliphatic heterocycles. The molecule has 1 unspecified atom stereocenters. The molecule has 2 heterocycles. The van der Waals surface area contributed by atoms with E-state index < -0.39 is 0 Å². The van der Waals surface area contributed by atoms with Crippen molar-refractivity contribution in [2.45, 2.75) is 45.7 Å². The van der Waals surface area contributed by atoms with Gasteiger partial charge in [0.25, 0.3) is 0 Å². The van der Waals surface area contributed by atoms with Crippen LogP contribution in [0.5, 0.6) is 0 Å². The minimum absolute atomic E-state index is 0.225. The minimum atomic E-state index is 0.225. The second kappa shape index (κ2) is 6.16. The molecule has 0 amide bonds. The fourth-order valence-electron chi connectivity index (χ4n) is 3.33. The van der Waals surface area contributed by atoms with E-state index in [1.54, 1.807) is 0 Å². The molecule has 0 bridgehead atoms. The Kier molecular flexibility index (Phi) is 4.27. The maximum Gasteiger partial charge on any atom is 0.127 e. The lowest BCUT2D eigenvalue weighted by Crippen LogP contribution is -2.26. The van der Waals surface area contributed by atoms with Crippen molar-refractivity contribution < 1.29 is 5.11 Å². The molecule has 114 valence electrons. The third kappa shape index (κ3) is 2.83. The van der Waals surface area contributed by atoms with Crippen molar-refractivity contribution in [2.75, 3.05) is 19.7 Å². The average Bonchev–Trinajstić information content (AvgIpc) is 3.11. The number of aliphatic hydroxyl groups is 1. The number of fused-ring (bicyclic) bond motifs is 1. The highest BCUT2D eigenvalue weighted by Crippen LogP contribution is 2.28. The number of nitrogens with zero attached hydrogens (tertiary/aromatic N) is 3. The first-order valence-electron chi connectivity index (χ1n) is 8.02. The average molecular weight is 287 g/mol. The van der Waals surface area contributed by atoms with E-state index in [9.17, 15) is 5.11 Å². The van der Waals surface area contributed by atoms with Crippen LogP contribution in [-0.4, -0.2) is 39.3 Å². The third-order valence-electron chi connectivity index (χ3n) is 4.54. The predicted octanol–water partition coefficient (Wildman–Crippen LogP) is 2.88. The molecule has 0 saturated carbocycles. The van der Waals surface area contributed by atoms with Crippen molar-refractivity contribution in [3.8, 4) is 0 Å². The summed E-state index contributed by atoms with van der Waals surface area (Å²) in [5, 5.41) is 9.18. The molecule has 4 heteroatoms. The van der Waals surface area contributed by atoms with Crippen molar-refractivity contribution in [3.63, 3.8) is 0 Å². The first-order valence-corrected chi connectivity index (χ1v) is 8.02. The topological polar surface area (TPSA) is 41.3 Å². The minimum Gasteiger partial charge on any atom is -0.396 e. The molecular formula is C17H25N3O. The first kappa shape index (κ1) is 14.5. The van der Waals surface area contributed by atoms with Gasteiger partial charge in [-0.15, -0.1) is 0 Å². The van der Waals surface area contributed by atoms with Gasteiger partial charge in [-0.1, -0.05) is 6.07 Å². The van der Waals surface area contributed by atoms with Crippen molar-refractivity contribution >= 4 is 11.0 Å². The van der Waals surface area contributed by atoms with Crippen LogP contribution in [0, 0.1) is 6.92 Å². The van der Waals surface area contributed by atoms with Gasteiger partial charge in [0.05, 0.1) is 17.1 Å². The van der Waals surface area contributed by atoms with E-state index in [1.807, 2.05) is 0 Å². The van der Waals surface area contributed by atoms with Crippen LogP contribution < -0.4 is 0 Å². The largest absolute Gasteiger partial charge is 0.396 e. The Bertz CT molecular complexity index is 614. The lowest BCUT2D eigenvalue weighted by Gasteiger charge is -2.24. The number of hydrogen-bond donors (Lipinski definition) is 1. The zero-order chi connectivity index (χ0) is 14.8. The molecular weight excluding hydrogens is 262 g/mol. The van der Waals surface area contributed by atoms with Crippen LogP contribution in [0.4, 0.5) is 0 Å². The first-order chi connectivity index (χ1) is 10.2. The summed E-state index contributed by atoms with van der Waals surface area (Å²) in [6.07, 6.45) is 3.36. The fourth-order valence-corrected chi connectivity index (χ4v) is 3.33. The maximum atomic E-state index is 9.18. The second-order valence-corrected chi connectivity index (χ2v) is 6.11. The predicted molar refractivity (Wildman–Crippen MR) is 85.4 cm³/mol.